The summed E-state index contributed by atoms with van der Waals surface area (Å²) in [7, 11) is 3.05. The van der Waals surface area contributed by atoms with Crippen molar-refractivity contribution in [3.8, 4) is 23.1 Å². The topological polar surface area (TPSA) is 87.3 Å². The van der Waals surface area contributed by atoms with Gasteiger partial charge in [-0.15, -0.1) is 10.2 Å². The zero-order valence-corrected chi connectivity index (χ0v) is 12.8. The lowest BCUT2D eigenvalue weighted by molar-refractivity contribution is 0.353. The van der Waals surface area contributed by atoms with Gasteiger partial charge in [0.1, 0.15) is 6.33 Å². The molecule has 3 rings (SSSR count). The molecule has 8 nitrogen and oxygen atoms in total. The van der Waals surface area contributed by atoms with Gasteiger partial charge in [-0.05, 0) is 12.0 Å². The summed E-state index contributed by atoms with van der Waals surface area (Å²) in [5, 5.41) is 12.5. The molecule has 0 spiro atoms. The van der Waals surface area contributed by atoms with Crippen molar-refractivity contribution < 1.29 is 9.47 Å². The number of aromatic nitrogens is 6. The Bertz CT molecular complexity index is 814. The number of hydrogen-bond donors (Lipinski definition) is 0. The van der Waals surface area contributed by atoms with Crippen LogP contribution in [0.4, 0.5) is 0 Å². The van der Waals surface area contributed by atoms with Crippen LogP contribution in [-0.4, -0.2) is 44.0 Å². The van der Waals surface area contributed by atoms with Gasteiger partial charge in [-0.3, -0.25) is 0 Å². The molecule has 3 heterocycles. The monoisotopic (exact) mass is 300 g/mol. The summed E-state index contributed by atoms with van der Waals surface area (Å²) < 4.78 is 12.0. The molecule has 0 saturated heterocycles. The summed E-state index contributed by atoms with van der Waals surface area (Å²) in [6.45, 7) is 4.19. The van der Waals surface area contributed by atoms with Gasteiger partial charge in [-0.1, -0.05) is 13.8 Å². The average Bonchev–Trinajstić information content (AvgIpc) is 3.01. The molecular weight excluding hydrogens is 284 g/mol. The second-order valence-corrected chi connectivity index (χ2v) is 5.02. The lowest BCUT2D eigenvalue weighted by Gasteiger charge is -2.11. The standard InChI is InChI=1S/C14H16N6O2/c1-8(2)9-5-11(19-20-7-16-18-12(9)20)10-6-15-14(22-4)17-13(10)21-3/h5-8H,1-4H3. The summed E-state index contributed by atoms with van der Waals surface area (Å²) in [5.74, 6) is 0.681. The van der Waals surface area contributed by atoms with Crippen molar-refractivity contribution in [3.05, 3.63) is 24.2 Å². The Balaban J connectivity index is 2.21. The maximum Gasteiger partial charge on any atom is 0.319 e. The molecule has 0 aliphatic rings. The van der Waals surface area contributed by atoms with E-state index in [0.717, 1.165) is 11.2 Å². The first kappa shape index (κ1) is 14.2. The molecule has 0 unspecified atom stereocenters. The molecule has 114 valence electrons. The van der Waals surface area contributed by atoms with Crippen molar-refractivity contribution in [1.82, 2.24) is 29.8 Å². The highest BCUT2D eigenvalue weighted by Crippen LogP contribution is 2.30. The van der Waals surface area contributed by atoms with E-state index < -0.39 is 0 Å². The molecule has 0 bridgehead atoms. The lowest BCUT2D eigenvalue weighted by Crippen LogP contribution is -2.03. The van der Waals surface area contributed by atoms with E-state index in [1.54, 1.807) is 24.1 Å². The van der Waals surface area contributed by atoms with Crippen LogP contribution in [0.25, 0.3) is 16.9 Å². The summed E-state index contributed by atoms with van der Waals surface area (Å²) in [6, 6.07) is 2.21. The predicted octanol–water partition coefficient (Wildman–Crippen LogP) is 1.72. The number of hydrogen-bond acceptors (Lipinski definition) is 7. The number of fused-ring (bicyclic) bond motifs is 1. The minimum atomic E-state index is 0.245. The van der Waals surface area contributed by atoms with Gasteiger partial charge in [0.05, 0.1) is 25.5 Å². The lowest BCUT2D eigenvalue weighted by atomic mass is 10.0. The van der Waals surface area contributed by atoms with Crippen molar-refractivity contribution in [1.29, 1.82) is 0 Å². The molecule has 0 aliphatic carbocycles. The summed E-state index contributed by atoms with van der Waals surface area (Å²) >= 11 is 0. The first-order valence-corrected chi connectivity index (χ1v) is 6.80. The fourth-order valence-electron chi connectivity index (χ4n) is 2.19. The second kappa shape index (κ2) is 5.55. The van der Waals surface area contributed by atoms with E-state index in [1.807, 2.05) is 6.07 Å². The molecule has 3 aromatic heterocycles. The van der Waals surface area contributed by atoms with E-state index in [-0.39, 0.29) is 11.9 Å². The Morgan fingerprint density at radius 3 is 2.68 bits per heavy atom. The molecule has 0 atom stereocenters. The molecule has 22 heavy (non-hydrogen) atoms. The largest absolute Gasteiger partial charge is 0.480 e. The van der Waals surface area contributed by atoms with Gasteiger partial charge in [-0.25, -0.2) is 4.98 Å². The first-order valence-electron chi connectivity index (χ1n) is 6.80. The van der Waals surface area contributed by atoms with Gasteiger partial charge < -0.3 is 9.47 Å². The van der Waals surface area contributed by atoms with Crippen LogP contribution >= 0.6 is 0 Å². The Kier molecular flexibility index (Phi) is 3.58. The smallest absolute Gasteiger partial charge is 0.319 e. The van der Waals surface area contributed by atoms with Crippen molar-refractivity contribution in [3.63, 3.8) is 0 Å². The molecule has 0 saturated carbocycles. The SMILES string of the molecule is COc1ncc(-c2cc(C(C)C)c3nncn3n2)c(OC)n1. The molecule has 0 fully saturated rings. The quantitative estimate of drug-likeness (QED) is 0.725. The van der Waals surface area contributed by atoms with Crippen molar-refractivity contribution >= 4 is 5.65 Å². The van der Waals surface area contributed by atoms with E-state index in [2.05, 4.69) is 39.1 Å². The van der Waals surface area contributed by atoms with Crippen molar-refractivity contribution in [2.24, 2.45) is 0 Å². The Hall–Kier alpha value is -2.77. The summed E-state index contributed by atoms with van der Waals surface area (Å²) in [6.07, 6.45) is 3.20. The van der Waals surface area contributed by atoms with Crippen molar-refractivity contribution in [2.45, 2.75) is 19.8 Å². The summed E-state index contributed by atoms with van der Waals surface area (Å²) in [4.78, 5) is 8.32. The second-order valence-electron chi connectivity index (χ2n) is 5.02. The normalized spacial score (nSPS) is 11.1. The van der Waals surface area contributed by atoms with Crippen molar-refractivity contribution in [2.75, 3.05) is 14.2 Å². The van der Waals surface area contributed by atoms with Crippen LogP contribution in [0.1, 0.15) is 25.3 Å². The minimum Gasteiger partial charge on any atom is -0.480 e. The molecule has 8 heteroatoms. The van der Waals surface area contributed by atoms with Gasteiger partial charge >= 0.3 is 6.01 Å². The van der Waals surface area contributed by atoms with E-state index in [0.29, 0.717) is 17.1 Å². The van der Waals surface area contributed by atoms with Crippen LogP contribution < -0.4 is 9.47 Å². The first-order chi connectivity index (χ1) is 10.6. The van der Waals surface area contributed by atoms with Gasteiger partial charge in [-0.2, -0.15) is 14.6 Å². The maximum atomic E-state index is 5.32. The van der Waals surface area contributed by atoms with Gasteiger partial charge in [0, 0.05) is 11.8 Å². The average molecular weight is 300 g/mol. The number of ether oxygens (including phenoxy) is 2. The number of nitrogens with zero attached hydrogens (tertiary/aromatic N) is 6. The Labute approximate surface area is 127 Å². The van der Waals surface area contributed by atoms with Gasteiger partial charge in [0.2, 0.25) is 5.88 Å². The highest BCUT2D eigenvalue weighted by atomic mass is 16.5. The highest BCUT2D eigenvalue weighted by molar-refractivity contribution is 5.67. The summed E-state index contributed by atoms with van der Waals surface area (Å²) in [5.41, 5.74) is 3.16. The molecule has 0 amide bonds. The van der Waals surface area contributed by atoms with Crippen LogP contribution in [0.15, 0.2) is 18.6 Å². The number of rotatable bonds is 4. The van der Waals surface area contributed by atoms with E-state index in [9.17, 15) is 0 Å². The minimum absolute atomic E-state index is 0.245. The van der Waals surface area contributed by atoms with Crippen LogP contribution in [0.5, 0.6) is 11.9 Å². The molecule has 0 aromatic carbocycles. The number of methoxy groups -OCH3 is 2. The van der Waals surface area contributed by atoms with Crippen LogP contribution in [-0.2, 0) is 0 Å². The van der Waals surface area contributed by atoms with Crippen LogP contribution in [0, 0.1) is 0 Å². The predicted molar refractivity (Wildman–Crippen MR) is 79.0 cm³/mol. The van der Waals surface area contributed by atoms with Crippen LogP contribution in [0.2, 0.25) is 0 Å². The Morgan fingerprint density at radius 2 is 2.00 bits per heavy atom. The highest BCUT2D eigenvalue weighted by Gasteiger charge is 2.16. The van der Waals surface area contributed by atoms with Gasteiger partial charge in [0.15, 0.2) is 5.65 Å². The fraction of sp³-hybridized carbons (Fsp3) is 0.357. The fourth-order valence-corrected chi connectivity index (χ4v) is 2.19. The maximum absolute atomic E-state index is 5.32. The molecule has 3 aromatic rings. The van der Waals surface area contributed by atoms with Gasteiger partial charge in [0.25, 0.3) is 0 Å². The zero-order chi connectivity index (χ0) is 15.7. The van der Waals surface area contributed by atoms with Crippen LogP contribution in [0.3, 0.4) is 0 Å². The molecular formula is C14H16N6O2. The Morgan fingerprint density at radius 1 is 1.18 bits per heavy atom. The third-order valence-electron chi connectivity index (χ3n) is 3.30. The third kappa shape index (κ3) is 2.32. The van der Waals surface area contributed by atoms with E-state index in [4.69, 9.17) is 9.47 Å². The zero-order valence-electron chi connectivity index (χ0n) is 12.8. The molecule has 0 aliphatic heterocycles. The molecule has 0 N–H and O–H groups in total. The van der Waals surface area contributed by atoms with E-state index >= 15 is 0 Å². The van der Waals surface area contributed by atoms with E-state index in [1.165, 1.54) is 7.11 Å². The molecule has 0 radical (unpaired) electrons. The third-order valence-corrected chi connectivity index (χ3v) is 3.30.